The van der Waals surface area contributed by atoms with Crippen molar-refractivity contribution >= 4 is 34.8 Å². The summed E-state index contributed by atoms with van der Waals surface area (Å²) in [6.07, 6.45) is 0. The Balaban J connectivity index is 2.98. The standard InChI is InChI=1S/C7H9B3NO2/c1-3-4(10-2)7(8,9)6(13)11-5(3)12/h3-4H,1-2H3,(H,11,12,13). The summed E-state index contributed by atoms with van der Waals surface area (Å²) in [5.41, 5.74) is 0. The molecule has 5 radical (unpaired) electrons. The van der Waals surface area contributed by atoms with Gasteiger partial charge in [0.15, 0.2) is 0 Å². The first-order valence-electron chi connectivity index (χ1n) is 4.13. The molecule has 1 aliphatic rings. The fraction of sp³-hybridized carbons (Fsp3) is 0.714. The quantitative estimate of drug-likeness (QED) is 0.418. The van der Waals surface area contributed by atoms with Gasteiger partial charge in [-0.2, -0.15) is 0 Å². The number of rotatable bonds is 1. The molecule has 0 bridgehead atoms. The molecule has 0 aromatic heterocycles. The van der Waals surface area contributed by atoms with E-state index in [1.807, 2.05) is 0 Å². The Hall–Kier alpha value is -0.665. The van der Waals surface area contributed by atoms with Crippen molar-refractivity contribution in [2.45, 2.75) is 24.8 Å². The van der Waals surface area contributed by atoms with E-state index in [2.05, 4.69) is 5.32 Å². The number of hydrogen-bond acceptors (Lipinski definition) is 2. The molecule has 2 atom stereocenters. The lowest BCUT2D eigenvalue weighted by Gasteiger charge is -2.41. The van der Waals surface area contributed by atoms with Crippen LogP contribution in [0.25, 0.3) is 0 Å². The molecule has 1 rings (SSSR count). The van der Waals surface area contributed by atoms with Gasteiger partial charge in [0.1, 0.15) is 7.28 Å². The van der Waals surface area contributed by atoms with E-state index in [1.54, 1.807) is 21.0 Å². The Morgan fingerprint density at radius 2 is 2.00 bits per heavy atom. The number of carbonyl (C=O) groups excluding carboxylic acids is 2. The Morgan fingerprint density at radius 3 is 2.46 bits per heavy atom. The molecule has 6 heteroatoms. The molecule has 0 aromatic carbocycles. The van der Waals surface area contributed by atoms with Gasteiger partial charge < -0.3 is 0 Å². The Labute approximate surface area is 81.1 Å². The molecule has 1 fully saturated rings. The minimum atomic E-state index is -1.47. The Bertz CT molecular complexity index is 254. The Morgan fingerprint density at radius 1 is 1.46 bits per heavy atom. The maximum absolute atomic E-state index is 11.2. The van der Waals surface area contributed by atoms with Gasteiger partial charge in [-0.1, -0.05) is 19.6 Å². The predicted molar refractivity (Wildman–Crippen MR) is 51.9 cm³/mol. The Kier molecular flexibility index (Phi) is 2.59. The highest BCUT2D eigenvalue weighted by molar-refractivity contribution is 6.58. The van der Waals surface area contributed by atoms with Crippen molar-refractivity contribution in [1.82, 2.24) is 5.32 Å². The SMILES string of the molecule is [B]C1([B])C(=O)NC(=O)C(C)C1[B]C. The molecule has 0 saturated carbocycles. The summed E-state index contributed by atoms with van der Waals surface area (Å²) in [4.78, 5) is 22.4. The molecule has 1 N–H and O–H groups in total. The first-order valence-corrected chi connectivity index (χ1v) is 4.13. The summed E-state index contributed by atoms with van der Waals surface area (Å²) in [6.45, 7) is 3.43. The molecule has 2 amide bonds. The maximum Gasteiger partial charge on any atom is 0.228 e. The molecule has 1 saturated heterocycles. The number of imide groups is 1. The highest BCUT2D eigenvalue weighted by atomic mass is 16.2. The van der Waals surface area contributed by atoms with Gasteiger partial charge in [0.05, 0.1) is 15.7 Å². The van der Waals surface area contributed by atoms with Crippen molar-refractivity contribution in [2.75, 3.05) is 0 Å². The molecule has 0 spiro atoms. The lowest BCUT2D eigenvalue weighted by atomic mass is 9.35. The lowest BCUT2D eigenvalue weighted by Crippen LogP contribution is -2.53. The van der Waals surface area contributed by atoms with Gasteiger partial charge in [0.2, 0.25) is 11.8 Å². The van der Waals surface area contributed by atoms with Crippen molar-refractivity contribution < 1.29 is 9.59 Å². The second-order valence-electron chi connectivity index (χ2n) is 3.40. The average molecular weight is 172 g/mol. The number of amides is 2. The lowest BCUT2D eigenvalue weighted by molar-refractivity contribution is -0.136. The van der Waals surface area contributed by atoms with Crippen molar-refractivity contribution in [1.29, 1.82) is 0 Å². The van der Waals surface area contributed by atoms with Gasteiger partial charge in [-0.25, -0.2) is 0 Å². The van der Waals surface area contributed by atoms with Crippen LogP contribution in [0, 0.1) is 5.92 Å². The second kappa shape index (κ2) is 3.24. The summed E-state index contributed by atoms with van der Waals surface area (Å²) in [5, 5.41) is 0.666. The zero-order valence-corrected chi connectivity index (χ0v) is 7.70. The number of piperidine rings is 1. The number of nitrogens with one attached hydrogen (secondary N) is 1. The fourth-order valence-electron chi connectivity index (χ4n) is 1.63. The summed E-state index contributed by atoms with van der Waals surface area (Å²) >= 11 is 0. The van der Waals surface area contributed by atoms with Crippen molar-refractivity contribution in [3.05, 3.63) is 0 Å². The summed E-state index contributed by atoms with van der Waals surface area (Å²) in [5.74, 6) is -1.70. The molecule has 13 heavy (non-hydrogen) atoms. The third kappa shape index (κ3) is 1.54. The smallest absolute Gasteiger partial charge is 0.228 e. The van der Waals surface area contributed by atoms with Crippen LogP contribution in [-0.2, 0) is 9.59 Å². The molecule has 63 valence electrons. The first kappa shape index (κ1) is 10.4. The maximum atomic E-state index is 11.2. The van der Waals surface area contributed by atoms with Crippen LogP contribution in [-0.4, -0.2) is 34.8 Å². The summed E-state index contributed by atoms with van der Waals surface area (Å²) in [7, 11) is 12.9. The molecule has 0 aromatic rings. The van der Waals surface area contributed by atoms with E-state index in [9.17, 15) is 9.59 Å². The van der Waals surface area contributed by atoms with Gasteiger partial charge in [-0.15, -0.1) is 0 Å². The molecule has 1 heterocycles. The minimum absolute atomic E-state index is 0.320. The largest absolute Gasteiger partial charge is 0.297 e. The van der Waals surface area contributed by atoms with Crippen LogP contribution < -0.4 is 5.32 Å². The van der Waals surface area contributed by atoms with Crippen LogP contribution in [0.5, 0.6) is 0 Å². The van der Waals surface area contributed by atoms with Gasteiger partial charge >= 0.3 is 0 Å². The number of hydrogen-bond donors (Lipinski definition) is 1. The highest BCUT2D eigenvalue weighted by Crippen LogP contribution is 2.41. The van der Waals surface area contributed by atoms with Crippen molar-refractivity contribution in [3.8, 4) is 0 Å². The van der Waals surface area contributed by atoms with Crippen molar-refractivity contribution in [3.63, 3.8) is 0 Å². The molecular weight excluding hydrogens is 163 g/mol. The molecule has 1 aliphatic heterocycles. The third-order valence-corrected chi connectivity index (χ3v) is 2.49. The number of carbonyl (C=O) groups is 2. The molecule has 0 aliphatic carbocycles. The van der Waals surface area contributed by atoms with Crippen LogP contribution in [0.1, 0.15) is 6.92 Å². The van der Waals surface area contributed by atoms with E-state index in [0.29, 0.717) is 0 Å². The van der Waals surface area contributed by atoms with Crippen LogP contribution in [0.15, 0.2) is 0 Å². The van der Waals surface area contributed by atoms with E-state index >= 15 is 0 Å². The normalized spacial score (nSPS) is 32.5. The third-order valence-electron chi connectivity index (χ3n) is 2.49. The summed E-state index contributed by atoms with van der Waals surface area (Å²) < 4.78 is 0. The van der Waals surface area contributed by atoms with Gasteiger partial charge in [-0.05, 0) is 5.21 Å². The van der Waals surface area contributed by atoms with E-state index in [-0.39, 0.29) is 11.8 Å². The zero-order chi connectivity index (χ0) is 10.2. The zero-order valence-electron chi connectivity index (χ0n) is 7.70. The van der Waals surface area contributed by atoms with Crippen molar-refractivity contribution in [2.24, 2.45) is 5.92 Å². The fourth-order valence-corrected chi connectivity index (χ4v) is 1.63. The molecule has 3 nitrogen and oxygen atoms in total. The van der Waals surface area contributed by atoms with Crippen LogP contribution in [0.3, 0.4) is 0 Å². The van der Waals surface area contributed by atoms with Crippen LogP contribution >= 0.6 is 0 Å². The van der Waals surface area contributed by atoms with E-state index in [4.69, 9.17) is 15.7 Å². The predicted octanol–water partition coefficient (Wildman–Crippen LogP) is -0.727. The second-order valence-corrected chi connectivity index (χ2v) is 3.40. The molecule has 2 unspecified atom stereocenters. The van der Waals surface area contributed by atoms with Gasteiger partial charge in [-0.3, -0.25) is 14.9 Å². The van der Waals surface area contributed by atoms with E-state index in [1.165, 1.54) is 0 Å². The van der Waals surface area contributed by atoms with E-state index in [0.717, 1.165) is 0 Å². The molecular formula is C7H9B3NO2. The van der Waals surface area contributed by atoms with Gasteiger partial charge in [0, 0.05) is 5.92 Å². The topological polar surface area (TPSA) is 46.2 Å². The van der Waals surface area contributed by atoms with Crippen LogP contribution in [0.2, 0.25) is 17.9 Å². The average Bonchev–Trinajstić information content (AvgIpc) is 2.02. The minimum Gasteiger partial charge on any atom is -0.297 e. The summed E-state index contributed by atoms with van der Waals surface area (Å²) in [6, 6.07) is 0. The van der Waals surface area contributed by atoms with Crippen LogP contribution in [0.4, 0.5) is 0 Å². The monoisotopic (exact) mass is 172 g/mol. The van der Waals surface area contributed by atoms with Gasteiger partial charge in [0.25, 0.3) is 0 Å². The highest BCUT2D eigenvalue weighted by Gasteiger charge is 2.44. The van der Waals surface area contributed by atoms with E-state index < -0.39 is 16.9 Å². The first-order chi connectivity index (χ1) is 5.91.